The van der Waals surface area contributed by atoms with E-state index in [0.29, 0.717) is 17.4 Å². The molecule has 0 aromatic heterocycles. The molecular weight excluding hydrogens is 228 g/mol. The second kappa shape index (κ2) is 6.28. The Morgan fingerprint density at radius 3 is 2.61 bits per heavy atom. The molecule has 1 rings (SSSR count). The minimum Gasteiger partial charge on any atom is -0.484 e. The van der Waals surface area contributed by atoms with Gasteiger partial charge in [0.25, 0.3) is 5.91 Å². The molecule has 1 aromatic carbocycles. The number of carbonyl (C=O) groups is 1. The summed E-state index contributed by atoms with van der Waals surface area (Å²) in [4.78, 5) is 13.6. The number of benzene rings is 1. The molecular formula is C14H22N2O2. The predicted octanol–water partition coefficient (Wildman–Crippen LogP) is 2.15. The summed E-state index contributed by atoms with van der Waals surface area (Å²) in [5, 5.41) is 0. The lowest BCUT2D eigenvalue weighted by Crippen LogP contribution is -2.40. The Balaban J connectivity index is 2.51. The molecule has 18 heavy (non-hydrogen) atoms. The standard InChI is InChI=1S/C14H22N2O2/c1-10(2)11(3)16(4)14(17)9-18-13-7-5-6-12(15)8-13/h5-8,10-11H,9,15H2,1-4H3. The van der Waals surface area contributed by atoms with Crippen molar-refractivity contribution in [3.63, 3.8) is 0 Å². The van der Waals surface area contributed by atoms with Crippen LogP contribution in [0.1, 0.15) is 20.8 Å². The Bertz CT molecular complexity index is 405. The van der Waals surface area contributed by atoms with Crippen LogP contribution in [-0.4, -0.2) is 30.5 Å². The number of hydrogen-bond acceptors (Lipinski definition) is 3. The van der Waals surface area contributed by atoms with Crippen molar-refractivity contribution in [1.82, 2.24) is 4.90 Å². The first-order valence-corrected chi connectivity index (χ1v) is 6.15. The van der Waals surface area contributed by atoms with Crippen molar-refractivity contribution in [2.45, 2.75) is 26.8 Å². The van der Waals surface area contributed by atoms with Crippen LogP contribution in [0, 0.1) is 5.92 Å². The number of likely N-dealkylation sites (N-methyl/N-ethyl adjacent to an activating group) is 1. The van der Waals surface area contributed by atoms with Crippen molar-refractivity contribution in [1.29, 1.82) is 0 Å². The second-order valence-corrected chi connectivity index (χ2v) is 4.85. The van der Waals surface area contributed by atoms with Gasteiger partial charge in [0.15, 0.2) is 6.61 Å². The number of carbonyl (C=O) groups excluding carboxylic acids is 1. The van der Waals surface area contributed by atoms with Crippen LogP contribution in [0.4, 0.5) is 5.69 Å². The van der Waals surface area contributed by atoms with E-state index in [4.69, 9.17) is 10.5 Å². The van der Waals surface area contributed by atoms with Crippen LogP contribution >= 0.6 is 0 Å². The van der Waals surface area contributed by atoms with Crippen molar-refractivity contribution < 1.29 is 9.53 Å². The van der Waals surface area contributed by atoms with E-state index in [2.05, 4.69) is 13.8 Å². The highest BCUT2D eigenvalue weighted by Gasteiger charge is 2.18. The number of hydrogen-bond donors (Lipinski definition) is 1. The molecule has 1 unspecified atom stereocenters. The van der Waals surface area contributed by atoms with Gasteiger partial charge in [0.1, 0.15) is 5.75 Å². The van der Waals surface area contributed by atoms with Gasteiger partial charge in [-0.3, -0.25) is 4.79 Å². The number of ether oxygens (including phenoxy) is 1. The summed E-state index contributed by atoms with van der Waals surface area (Å²) in [5.41, 5.74) is 6.27. The summed E-state index contributed by atoms with van der Waals surface area (Å²) in [6.45, 7) is 6.25. The van der Waals surface area contributed by atoms with Gasteiger partial charge in [-0.25, -0.2) is 0 Å². The fraction of sp³-hybridized carbons (Fsp3) is 0.500. The van der Waals surface area contributed by atoms with Crippen LogP contribution in [0.25, 0.3) is 0 Å². The van der Waals surface area contributed by atoms with Gasteiger partial charge in [0, 0.05) is 24.8 Å². The Labute approximate surface area is 109 Å². The van der Waals surface area contributed by atoms with Gasteiger partial charge in [-0.2, -0.15) is 0 Å². The Morgan fingerprint density at radius 1 is 1.39 bits per heavy atom. The number of rotatable bonds is 5. The minimum atomic E-state index is -0.0291. The van der Waals surface area contributed by atoms with E-state index in [1.54, 1.807) is 36.2 Å². The normalized spacial score (nSPS) is 12.3. The molecule has 0 spiro atoms. The van der Waals surface area contributed by atoms with E-state index in [9.17, 15) is 4.79 Å². The molecule has 1 aromatic rings. The molecule has 2 N–H and O–H groups in total. The van der Waals surface area contributed by atoms with Crippen LogP contribution < -0.4 is 10.5 Å². The van der Waals surface area contributed by atoms with Crippen molar-refractivity contribution in [3.05, 3.63) is 24.3 Å². The number of nitrogens with two attached hydrogens (primary N) is 1. The summed E-state index contributed by atoms with van der Waals surface area (Å²) in [7, 11) is 1.80. The van der Waals surface area contributed by atoms with E-state index in [1.165, 1.54) is 0 Å². The van der Waals surface area contributed by atoms with Crippen molar-refractivity contribution in [3.8, 4) is 5.75 Å². The SMILES string of the molecule is CC(C)C(C)N(C)C(=O)COc1cccc(N)c1. The monoisotopic (exact) mass is 250 g/mol. The lowest BCUT2D eigenvalue weighted by molar-refractivity contribution is -0.134. The lowest BCUT2D eigenvalue weighted by atomic mass is 10.1. The average Bonchev–Trinajstić information content (AvgIpc) is 2.34. The van der Waals surface area contributed by atoms with Crippen LogP contribution in [0.5, 0.6) is 5.75 Å². The third-order valence-corrected chi connectivity index (χ3v) is 3.19. The molecule has 0 bridgehead atoms. The molecule has 4 nitrogen and oxygen atoms in total. The van der Waals surface area contributed by atoms with Gasteiger partial charge in [0.05, 0.1) is 0 Å². The number of nitrogen functional groups attached to an aromatic ring is 1. The van der Waals surface area contributed by atoms with Crippen molar-refractivity contribution >= 4 is 11.6 Å². The maximum absolute atomic E-state index is 11.9. The van der Waals surface area contributed by atoms with Crippen LogP contribution in [0.2, 0.25) is 0 Å². The maximum Gasteiger partial charge on any atom is 0.260 e. The molecule has 0 radical (unpaired) electrons. The van der Waals surface area contributed by atoms with Gasteiger partial charge in [-0.15, -0.1) is 0 Å². The molecule has 100 valence electrons. The largest absolute Gasteiger partial charge is 0.484 e. The Hall–Kier alpha value is -1.71. The summed E-state index contributed by atoms with van der Waals surface area (Å²) >= 11 is 0. The van der Waals surface area contributed by atoms with Crippen LogP contribution in [-0.2, 0) is 4.79 Å². The predicted molar refractivity (Wildman–Crippen MR) is 73.4 cm³/mol. The van der Waals surface area contributed by atoms with E-state index in [0.717, 1.165) is 0 Å². The first-order valence-electron chi connectivity index (χ1n) is 6.15. The zero-order valence-corrected chi connectivity index (χ0v) is 11.5. The molecule has 0 aliphatic rings. The van der Waals surface area contributed by atoms with Gasteiger partial charge in [0.2, 0.25) is 0 Å². The molecule has 0 aliphatic carbocycles. The smallest absolute Gasteiger partial charge is 0.260 e. The molecule has 4 heteroatoms. The third-order valence-electron chi connectivity index (χ3n) is 3.19. The maximum atomic E-state index is 11.9. The molecule has 0 heterocycles. The molecule has 0 fully saturated rings. The van der Waals surface area contributed by atoms with Gasteiger partial charge < -0.3 is 15.4 Å². The topological polar surface area (TPSA) is 55.6 Å². The van der Waals surface area contributed by atoms with E-state index >= 15 is 0 Å². The van der Waals surface area contributed by atoms with Gasteiger partial charge >= 0.3 is 0 Å². The van der Waals surface area contributed by atoms with Crippen molar-refractivity contribution in [2.24, 2.45) is 5.92 Å². The highest BCUT2D eigenvalue weighted by molar-refractivity contribution is 5.77. The van der Waals surface area contributed by atoms with Gasteiger partial charge in [-0.05, 0) is 25.0 Å². The summed E-state index contributed by atoms with van der Waals surface area (Å²) < 4.78 is 5.43. The van der Waals surface area contributed by atoms with Crippen molar-refractivity contribution in [2.75, 3.05) is 19.4 Å². The highest BCUT2D eigenvalue weighted by Crippen LogP contribution is 2.15. The minimum absolute atomic E-state index is 0.0291. The fourth-order valence-corrected chi connectivity index (χ4v) is 1.53. The third kappa shape index (κ3) is 3.95. The zero-order chi connectivity index (χ0) is 13.7. The number of anilines is 1. The van der Waals surface area contributed by atoms with Crippen LogP contribution in [0.3, 0.4) is 0 Å². The first kappa shape index (κ1) is 14.4. The molecule has 0 saturated carbocycles. The fourth-order valence-electron chi connectivity index (χ4n) is 1.53. The zero-order valence-electron chi connectivity index (χ0n) is 11.5. The van der Waals surface area contributed by atoms with E-state index < -0.39 is 0 Å². The lowest BCUT2D eigenvalue weighted by Gasteiger charge is -2.27. The van der Waals surface area contributed by atoms with E-state index in [1.807, 2.05) is 6.92 Å². The quantitative estimate of drug-likeness (QED) is 0.815. The summed E-state index contributed by atoms with van der Waals surface area (Å²) in [6.07, 6.45) is 0. The van der Waals surface area contributed by atoms with E-state index in [-0.39, 0.29) is 18.6 Å². The molecule has 1 amide bonds. The summed E-state index contributed by atoms with van der Waals surface area (Å²) in [6, 6.07) is 7.27. The number of nitrogens with zero attached hydrogens (tertiary/aromatic N) is 1. The summed E-state index contributed by atoms with van der Waals surface area (Å²) in [5.74, 6) is 1.01. The average molecular weight is 250 g/mol. The number of amides is 1. The Kier molecular flexibility index (Phi) is 5.01. The van der Waals surface area contributed by atoms with Gasteiger partial charge in [-0.1, -0.05) is 19.9 Å². The Morgan fingerprint density at radius 2 is 2.06 bits per heavy atom. The molecule has 0 saturated heterocycles. The molecule has 1 atom stereocenters. The second-order valence-electron chi connectivity index (χ2n) is 4.85. The highest BCUT2D eigenvalue weighted by atomic mass is 16.5. The van der Waals surface area contributed by atoms with Crippen LogP contribution in [0.15, 0.2) is 24.3 Å². The molecule has 0 aliphatic heterocycles. The first-order chi connectivity index (χ1) is 8.41.